The van der Waals surface area contributed by atoms with Crippen LogP contribution in [0.15, 0.2) is 6.07 Å². The molecule has 0 saturated carbocycles. The van der Waals surface area contributed by atoms with Crippen molar-refractivity contribution >= 4 is 11.6 Å². The number of phenols is 1. The molecule has 1 rings (SSSR count). The van der Waals surface area contributed by atoms with Gasteiger partial charge in [-0.25, -0.2) is 4.39 Å². The van der Waals surface area contributed by atoms with Gasteiger partial charge in [0.15, 0.2) is 11.5 Å². The lowest BCUT2D eigenvalue weighted by Gasteiger charge is -2.12. The first kappa shape index (κ1) is 12.1. The molecular weight excluding hydrogens is 221 g/mol. The van der Waals surface area contributed by atoms with Gasteiger partial charge in [0.2, 0.25) is 0 Å². The van der Waals surface area contributed by atoms with Gasteiger partial charge in [-0.1, -0.05) is 11.6 Å². The number of hydrogen-bond acceptors (Lipinski definition) is 3. The van der Waals surface area contributed by atoms with E-state index in [-0.39, 0.29) is 16.5 Å². The van der Waals surface area contributed by atoms with Gasteiger partial charge in [0.25, 0.3) is 0 Å². The molecule has 1 aromatic carbocycles. The highest BCUT2D eigenvalue weighted by molar-refractivity contribution is 6.31. The molecule has 3 nitrogen and oxygen atoms in total. The number of nitrogens with two attached hydrogens (primary N) is 1. The highest BCUT2D eigenvalue weighted by Crippen LogP contribution is 2.37. The fraction of sp³-hybridized carbons (Fsp3) is 0.400. The predicted octanol–water partition coefficient (Wildman–Crippen LogP) is 2.08. The topological polar surface area (TPSA) is 55.5 Å². The molecule has 0 radical (unpaired) electrons. The molecule has 0 atom stereocenters. The quantitative estimate of drug-likeness (QED) is 0.837. The summed E-state index contributed by atoms with van der Waals surface area (Å²) in [6.07, 6.45) is 1.13. The molecule has 0 spiro atoms. The van der Waals surface area contributed by atoms with Crippen molar-refractivity contribution in [3.8, 4) is 11.5 Å². The summed E-state index contributed by atoms with van der Waals surface area (Å²) >= 11 is 5.78. The van der Waals surface area contributed by atoms with Crippen molar-refractivity contribution < 1.29 is 14.2 Å². The summed E-state index contributed by atoms with van der Waals surface area (Å²) in [4.78, 5) is 0. The Kier molecular flexibility index (Phi) is 4.17. The van der Waals surface area contributed by atoms with Gasteiger partial charge >= 0.3 is 0 Å². The first-order valence-electron chi connectivity index (χ1n) is 4.55. The predicted molar refractivity (Wildman–Crippen MR) is 57.0 cm³/mol. The number of methoxy groups -OCH3 is 1. The highest BCUT2D eigenvalue weighted by Gasteiger charge is 2.16. The van der Waals surface area contributed by atoms with Crippen molar-refractivity contribution in [2.45, 2.75) is 12.8 Å². The maximum absolute atomic E-state index is 13.2. The van der Waals surface area contributed by atoms with Gasteiger partial charge in [-0.2, -0.15) is 0 Å². The molecule has 0 aliphatic rings. The van der Waals surface area contributed by atoms with Crippen molar-refractivity contribution in [3.63, 3.8) is 0 Å². The maximum Gasteiger partial charge on any atom is 0.165 e. The van der Waals surface area contributed by atoms with Crippen LogP contribution >= 0.6 is 11.6 Å². The zero-order valence-electron chi connectivity index (χ0n) is 8.39. The molecule has 5 heteroatoms. The summed E-state index contributed by atoms with van der Waals surface area (Å²) in [7, 11) is 1.40. The molecule has 84 valence electrons. The Bertz CT molecular complexity index is 358. The maximum atomic E-state index is 13.2. The monoisotopic (exact) mass is 233 g/mol. The van der Waals surface area contributed by atoms with Crippen molar-refractivity contribution in [1.82, 2.24) is 0 Å². The minimum Gasteiger partial charge on any atom is -0.504 e. The van der Waals surface area contributed by atoms with Gasteiger partial charge in [0.1, 0.15) is 5.82 Å². The van der Waals surface area contributed by atoms with Crippen LogP contribution in [0.3, 0.4) is 0 Å². The second-order valence-corrected chi connectivity index (χ2v) is 3.47. The molecule has 0 heterocycles. The minimum absolute atomic E-state index is 0.0156. The zero-order chi connectivity index (χ0) is 11.4. The third-order valence-corrected chi connectivity index (χ3v) is 2.49. The first-order chi connectivity index (χ1) is 7.11. The zero-order valence-corrected chi connectivity index (χ0v) is 9.14. The van der Waals surface area contributed by atoms with Gasteiger partial charge in [-0.15, -0.1) is 0 Å². The Morgan fingerprint density at radius 3 is 2.80 bits per heavy atom. The largest absolute Gasteiger partial charge is 0.504 e. The van der Waals surface area contributed by atoms with Gasteiger partial charge in [-0.3, -0.25) is 0 Å². The standard InChI is InChI=1S/C10H13ClFNO2/c1-15-10-6(3-2-4-13)9(11)7(12)5-8(10)14/h5,14H,2-4,13H2,1H3. The van der Waals surface area contributed by atoms with Gasteiger partial charge in [-0.05, 0) is 19.4 Å². The lowest BCUT2D eigenvalue weighted by Crippen LogP contribution is -2.03. The number of rotatable bonds is 4. The van der Waals surface area contributed by atoms with Crippen LogP contribution in [0, 0.1) is 5.82 Å². The van der Waals surface area contributed by atoms with E-state index >= 15 is 0 Å². The fourth-order valence-corrected chi connectivity index (χ4v) is 1.61. The van der Waals surface area contributed by atoms with Crippen molar-refractivity contribution in [1.29, 1.82) is 0 Å². The van der Waals surface area contributed by atoms with Crippen molar-refractivity contribution in [2.24, 2.45) is 5.73 Å². The fourth-order valence-electron chi connectivity index (χ4n) is 1.38. The molecule has 3 N–H and O–H groups in total. The van der Waals surface area contributed by atoms with E-state index in [2.05, 4.69) is 0 Å². The summed E-state index contributed by atoms with van der Waals surface area (Å²) in [5.74, 6) is -0.678. The number of benzene rings is 1. The van der Waals surface area contributed by atoms with Crippen LogP contribution in [-0.2, 0) is 6.42 Å². The molecule has 0 bridgehead atoms. The van der Waals surface area contributed by atoms with Crippen LogP contribution in [0.1, 0.15) is 12.0 Å². The SMILES string of the molecule is COc1c(O)cc(F)c(Cl)c1CCCN. The van der Waals surface area contributed by atoms with E-state index < -0.39 is 5.82 Å². The summed E-state index contributed by atoms with van der Waals surface area (Å²) in [5, 5.41) is 9.43. The number of hydrogen-bond donors (Lipinski definition) is 2. The molecule has 0 aliphatic carbocycles. The number of ether oxygens (including phenoxy) is 1. The number of phenolic OH excluding ortho intramolecular Hbond substituents is 1. The molecule has 1 aromatic rings. The molecular formula is C10H13ClFNO2. The molecule has 0 amide bonds. The van der Waals surface area contributed by atoms with Crippen LogP contribution in [0.4, 0.5) is 4.39 Å². The first-order valence-corrected chi connectivity index (χ1v) is 4.93. The average Bonchev–Trinajstić information content (AvgIpc) is 2.21. The summed E-state index contributed by atoms with van der Waals surface area (Å²) in [5.41, 5.74) is 5.81. The summed E-state index contributed by atoms with van der Waals surface area (Å²) in [6, 6.07) is 0.938. The number of halogens is 2. The molecule has 0 unspecified atom stereocenters. The Morgan fingerprint density at radius 2 is 2.27 bits per heavy atom. The van der Waals surface area contributed by atoms with Gasteiger partial charge in [0.05, 0.1) is 12.1 Å². The van der Waals surface area contributed by atoms with E-state index in [9.17, 15) is 9.50 Å². The van der Waals surface area contributed by atoms with E-state index in [4.69, 9.17) is 22.1 Å². The lowest BCUT2D eigenvalue weighted by molar-refractivity contribution is 0.366. The van der Waals surface area contributed by atoms with Crippen LogP contribution in [0.25, 0.3) is 0 Å². The molecule has 15 heavy (non-hydrogen) atoms. The van der Waals surface area contributed by atoms with E-state index in [0.717, 1.165) is 6.07 Å². The van der Waals surface area contributed by atoms with E-state index in [1.54, 1.807) is 0 Å². The molecule has 0 fully saturated rings. The van der Waals surface area contributed by atoms with Crippen LogP contribution in [-0.4, -0.2) is 18.8 Å². The Labute approximate surface area is 92.6 Å². The Balaban J connectivity index is 3.18. The van der Waals surface area contributed by atoms with Gasteiger partial charge < -0.3 is 15.6 Å². The highest BCUT2D eigenvalue weighted by atomic mass is 35.5. The lowest BCUT2D eigenvalue weighted by atomic mass is 10.1. The summed E-state index contributed by atoms with van der Waals surface area (Å²) in [6.45, 7) is 0.469. The second-order valence-electron chi connectivity index (χ2n) is 3.10. The third kappa shape index (κ3) is 2.52. The second kappa shape index (κ2) is 5.19. The summed E-state index contributed by atoms with van der Waals surface area (Å²) < 4.78 is 18.2. The smallest absolute Gasteiger partial charge is 0.165 e. The normalized spacial score (nSPS) is 10.4. The molecule has 0 aromatic heterocycles. The van der Waals surface area contributed by atoms with Crippen LogP contribution < -0.4 is 10.5 Å². The van der Waals surface area contributed by atoms with Crippen molar-refractivity contribution in [2.75, 3.05) is 13.7 Å². The van der Waals surface area contributed by atoms with E-state index in [1.807, 2.05) is 0 Å². The van der Waals surface area contributed by atoms with Crippen LogP contribution in [0.2, 0.25) is 5.02 Å². The minimum atomic E-state index is -0.651. The van der Waals surface area contributed by atoms with Gasteiger partial charge in [0, 0.05) is 11.6 Å². The Hall–Kier alpha value is -1.00. The molecule has 0 saturated heterocycles. The number of aromatic hydroxyl groups is 1. The van der Waals surface area contributed by atoms with Crippen LogP contribution in [0.5, 0.6) is 11.5 Å². The van der Waals surface area contributed by atoms with E-state index in [0.29, 0.717) is 24.9 Å². The third-order valence-electron chi connectivity index (χ3n) is 2.08. The molecule has 0 aliphatic heterocycles. The van der Waals surface area contributed by atoms with E-state index in [1.165, 1.54) is 7.11 Å². The Morgan fingerprint density at radius 1 is 1.60 bits per heavy atom. The average molecular weight is 234 g/mol. The van der Waals surface area contributed by atoms with Crippen molar-refractivity contribution in [3.05, 3.63) is 22.5 Å².